The van der Waals surface area contributed by atoms with E-state index in [-0.39, 0.29) is 24.4 Å². The van der Waals surface area contributed by atoms with Gasteiger partial charge in [-0.05, 0) is 53.8 Å². The van der Waals surface area contributed by atoms with Crippen molar-refractivity contribution in [3.63, 3.8) is 0 Å². The Bertz CT molecular complexity index is 1050. The van der Waals surface area contributed by atoms with Crippen molar-refractivity contribution in [3.05, 3.63) is 89.7 Å². The van der Waals surface area contributed by atoms with E-state index in [2.05, 4.69) is 21.3 Å². The second-order valence-electron chi connectivity index (χ2n) is 8.01. The Kier molecular flexibility index (Phi) is 8.10. The molecule has 0 spiro atoms. The highest BCUT2D eigenvalue weighted by molar-refractivity contribution is 6.01. The molecule has 1 saturated heterocycles. The normalized spacial score (nSPS) is 15.0. The zero-order valence-electron chi connectivity index (χ0n) is 17.9. The molecule has 1 fully saturated rings. The number of hydrogen-bond acceptors (Lipinski definition) is 3. The van der Waals surface area contributed by atoms with E-state index in [1.54, 1.807) is 30.5 Å². The highest BCUT2D eigenvalue weighted by Gasteiger charge is 2.30. The van der Waals surface area contributed by atoms with Crippen molar-refractivity contribution < 1.29 is 18.0 Å². The molecule has 0 saturated carbocycles. The van der Waals surface area contributed by atoms with Gasteiger partial charge in [-0.15, -0.1) is 12.4 Å². The number of pyridine rings is 1. The molecule has 2 heterocycles. The summed E-state index contributed by atoms with van der Waals surface area (Å²) in [4.78, 5) is 19.5. The van der Waals surface area contributed by atoms with E-state index in [4.69, 9.17) is 0 Å². The molecule has 2 aromatic carbocycles. The van der Waals surface area contributed by atoms with Crippen molar-refractivity contribution in [2.75, 3.05) is 13.1 Å². The van der Waals surface area contributed by atoms with Gasteiger partial charge in [0.15, 0.2) is 0 Å². The summed E-state index contributed by atoms with van der Waals surface area (Å²) in [5, 5.41) is 3.11. The molecule has 1 aliphatic heterocycles. The number of alkyl halides is 3. The highest BCUT2D eigenvalue weighted by Crippen LogP contribution is 2.32. The molecule has 33 heavy (non-hydrogen) atoms. The largest absolute Gasteiger partial charge is 0.416 e. The van der Waals surface area contributed by atoms with Crippen LogP contribution in [0.3, 0.4) is 0 Å². The minimum absolute atomic E-state index is 0. The molecule has 174 valence electrons. The fourth-order valence-corrected chi connectivity index (χ4v) is 4.02. The quantitative estimate of drug-likeness (QED) is 0.523. The Morgan fingerprint density at radius 1 is 1.00 bits per heavy atom. The first-order valence-electron chi connectivity index (χ1n) is 10.6. The Morgan fingerprint density at radius 2 is 1.70 bits per heavy atom. The Hall–Kier alpha value is -2.90. The standard InChI is InChI=1S/C25H24F3N3O.ClH/c26-25(27,28)20-9-7-19(8-10-20)22-5-1-2-6-23(22)24(32)30-21-11-14-31(15-12-21)17-18-4-3-13-29-16-18;/h1-10,13,16,21H,11-12,14-15,17H2,(H,30,32);1H. The first-order chi connectivity index (χ1) is 15.4. The van der Waals surface area contributed by atoms with Crippen LogP contribution in [0.1, 0.15) is 34.3 Å². The molecule has 1 aliphatic rings. The van der Waals surface area contributed by atoms with Crippen molar-refractivity contribution >= 4 is 18.3 Å². The van der Waals surface area contributed by atoms with Crippen LogP contribution in [0, 0.1) is 0 Å². The zero-order valence-corrected chi connectivity index (χ0v) is 18.7. The van der Waals surface area contributed by atoms with Crippen molar-refractivity contribution in [1.82, 2.24) is 15.2 Å². The summed E-state index contributed by atoms with van der Waals surface area (Å²) in [6.07, 6.45) is 0.921. The van der Waals surface area contributed by atoms with Crippen LogP contribution in [-0.2, 0) is 12.7 Å². The molecule has 0 atom stereocenters. The molecule has 1 N–H and O–H groups in total. The van der Waals surface area contributed by atoms with Gasteiger partial charge in [0.2, 0.25) is 0 Å². The fraction of sp³-hybridized carbons (Fsp3) is 0.280. The van der Waals surface area contributed by atoms with Crippen molar-refractivity contribution in [3.8, 4) is 11.1 Å². The van der Waals surface area contributed by atoms with Crippen LogP contribution in [0.4, 0.5) is 13.2 Å². The number of amides is 1. The SMILES string of the molecule is Cl.O=C(NC1CCN(Cc2cccnc2)CC1)c1ccccc1-c1ccc(C(F)(F)F)cc1. The van der Waals surface area contributed by atoms with Crippen molar-refractivity contribution in [2.24, 2.45) is 0 Å². The van der Waals surface area contributed by atoms with Crippen LogP contribution in [-0.4, -0.2) is 34.9 Å². The maximum absolute atomic E-state index is 13.0. The second-order valence-corrected chi connectivity index (χ2v) is 8.01. The molecule has 8 heteroatoms. The lowest BCUT2D eigenvalue weighted by molar-refractivity contribution is -0.137. The average molecular weight is 476 g/mol. The number of hydrogen-bond donors (Lipinski definition) is 1. The lowest BCUT2D eigenvalue weighted by atomic mass is 9.97. The van der Waals surface area contributed by atoms with Gasteiger partial charge in [0, 0.05) is 43.6 Å². The maximum Gasteiger partial charge on any atom is 0.416 e. The van der Waals surface area contributed by atoms with Gasteiger partial charge in [-0.3, -0.25) is 14.7 Å². The Labute approximate surface area is 197 Å². The third-order valence-electron chi connectivity index (χ3n) is 5.75. The predicted molar refractivity (Wildman–Crippen MR) is 124 cm³/mol. The third-order valence-corrected chi connectivity index (χ3v) is 5.75. The van der Waals surface area contributed by atoms with Gasteiger partial charge < -0.3 is 5.32 Å². The number of nitrogens with zero attached hydrogens (tertiary/aromatic N) is 2. The molecular formula is C25H25ClF3N3O. The van der Waals surface area contributed by atoms with E-state index in [0.717, 1.165) is 44.6 Å². The summed E-state index contributed by atoms with van der Waals surface area (Å²) < 4.78 is 38.6. The van der Waals surface area contributed by atoms with Gasteiger partial charge in [0.25, 0.3) is 5.91 Å². The Balaban J connectivity index is 0.00000306. The minimum atomic E-state index is -4.39. The molecule has 4 rings (SSSR count). The number of piperidine rings is 1. The topological polar surface area (TPSA) is 45.2 Å². The lowest BCUT2D eigenvalue weighted by Crippen LogP contribution is -2.44. The van der Waals surface area contributed by atoms with E-state index in [0.29, 0.717) is 16.7 Å². The van der Waals surface area contributed by atoms with Crippen molar-refractivity contribution in [1.29, 1.82) is 0 Å². The molecular weight excluding hydrogens is 451 g/mol. The van der Waals surface area contributed by atoms with Gasteiger partial charge in [0.1, 0.15) is 0 Å². The molecule has 3 aromatic rings. The third kappa shape index (κ3) is 6.33. The lowest BCUT2D eigenvalue weighted by Gasteiger charge is -2.32. The number of carbonyl (C=O) groups excluding carboxylic acids is 1. The fourth-order valence-electron chi connectivity index (χ4n) is 4.02. The van der Waals surface area contributed by atoms with Crippen molar-refractivity contribution in [2.45, 2.75) is 31.6 Å². The number of carbonyl (C=O) groups is 1. The molecule has 1 aromatic heterocycles. The van der Waals surface area contributed by atoms with Crippen LogP contribution in [0.5, 0.6) is 0 Å². The van der Waals surface area contributed by atoms with Crippen LogP contribution in [0.25, 0.3) is 11.1 Å². The number of likely N-dealkylation sites (tertiary alicyclic amines) is 1. The summed E-state index contributed by atoms with van der Waals surface area (Å²) in [5.74, 6) is -0.203. The van der Waals surface area contributed by atoms with Gasteiger partial charge in [-0.2, -0.15) is 13.2 Å². The molecule has 0 unspecified atom stereocenters. The smallest absolute Gasteiger partial charge is 0.349 e. The van der Waals surface area contributed by atoms with Gasteiger partial charge in [-0.25, -0.2) is 0 Å². The first-order valence-corrected chi connectivity index (χ1v) is 10.6. The van der Waals surface area contributed by atoms with E-state index in [1.807, 2.05) is 12.3 Å². The van der Waals surface area contributed by atoms with E-state index >= 15 is 0 Å². The van der Waals surface area contributed by atoms with Gasteiger partial charge in [-0.1, -0.05) is 36.4 Å². The number of halogens is 4. The summed E-state index contributed by atoms with van der Waals surface area (Å²) in [6.45, 7) is 2.59. The predicted octanol–water partition coefficient (Wildman–Crippen LogP) is 5.58. The minimum Gasteiger partial charge on any atom is -0.349 e. The van der Waals surface area contributed by atoms with Crippen LogP contribution in [0.15, 0.2) is 73.1 Å². The van der Waals surface area contributed by atoms with Gasteiger partial charge >= 0.3 is 6.18 Å². The van der Waals surface area contributed by atoms with Crippen LogP contribution < -0.4 is 5.32 Å². The molecule has 0 radical (unpaired) electrons. The summed E-state index contributed by atoms with van der Waals surface area (Å²) in [7, 11) is 0. The summed E-state index contributed by atoms with van der Waals surface area (Å²) >= 11 is 0. The molecule has 0 aliphatic carbocycles. The van der Waals surface area contributed by atoms with E-state index < -0.39 is 11.7 Å². The monoisotopic (exact) mass is 475 g/mol. The molecule has 4 nitrogen and oxygen atoms in total. The van der Waals surface area contributed by atoms with E-state index in [9.17, 15) is 18.0 Å². The van der Waals surface area contributed by atoms with Crippen LogP contribution in [0.2, 0.25) is 0 Å². The Morgan fingerprint density at radius 3 is 2.33 bits per heavy atom. The molecule has 0 bridgehead atoms. The average Bonchev–Trinajstić information content (AvgIpc) is 2.80. The number of rotatable bonds is 5. The number of benzene rings is 2. The highest BCUT2D eigenvalue weighted by atomic mass is 35.5. The first kappa shape index (κ1) is 24.7. The van der Waals surface area contributed by atoms with Gasteiger partial charge in [0.05, 0.1) is 5.56 Å². The number of nitrogens with one attached hydrogen (secondary N) is 1. The molecule has 1 amide bonds. The van der Waals surface area contributed by atoms with Crippen LogP contribution >= 0.6 is 12.4 Å². The summed E-state index contributed by atoms with van der Waals surface area (Å²) in [6, 6.07) is 16.0. The maximum atomic E-state index is 13.0. The van der Waals surface area contributed by atoms with E-state index in [1.165, 1.54) is 17.7 Å². The second kappa shape index (κ2) is 10.8. The number of aromatic nitrogens is 1. The summed E-state index contributed by atoms with van der Waals surface area (Å²) in [5.41, 5.74) is 2.12. The zero-order chi connectivity index (χ0) is 22.6.